The number of nitrogens with one attached hydrogen (secondary N) is 1. The highest BCUT2D eigenvalue weighted by Crippen LogP contribution is 2.28. The number of esters is 1. The number of primary amides is 1. The minimum Gasteiger partial charge on any atom is -0.462 e. The Balaban J connectivity index is 1.96. The van der Waals surface area contributed by atoms with Gasteiger partial charge in [-0.1, -0.05) is 32.1 Å². The molecule has 1 saturated heterocycles. The second-order valence-corrected chi connectivity index (χ2v) is 7.48. The number of amides is 2. The average Bonchev–Trinajstić information content (AvgIpc) is 3.16. The van der Waals surface area contributed by atoms with Crippen LogP contribution in [0.25, 0.3) is 0 Å². The zero-order chi connectivity index (χ0) is 19.6. The van der Waals surface area contributed by atoms with Crippen molar-refractivity contribution >= 4 is 17.8 Å². The zero-order valence-corrected chi connectivity index (χ0v) is 16.3. The lowest BCUT2D eigenvalue weighted by molar-refractivity contribution is -0.145. The number of carbonyl (C=O) groups is 3. The molecule has 3 N–H and O–H groups in total. The van der Waals surface area contributed by atoms with Gasteiger partial charge in [-0.15, -0.1) is 0 Å². The predicted octanol–water partition coefficient (Wildman–Crippen LogP) is 0.581. The molecular weight excluding hydrogens is 350 g/mol. The van der Waals surface area contributed by atoms with Crippen molar-refractivity contribution in [2.24, 2.45) is 11.7 Å². The molecule has 2 aliphatic rings. The first-order valence-electron chi connectivity index (χ1n) is 10.0. The number of methoxy groups -OCH3 is 1. The molecule has 27 heavy (non-hydrogen) atoms. The summed E-state index contributed by atoms with van der Waals surface area (Å²) in [5, 5.41) is 3.07. The molecule has 0 aromatic rings. The van der Waals surface area contributed by atoms with E-state index < -0.39 is 24.0 Å². The summed E-state index contributed by atoms with van der Waals surface area (Å²) in [6.45, 7) is 1.02. The molecule has 1 aliphatic carbocycles. The van der Waals surface area contributed by atoms with E-state index in [0.717, 1.165) is 19.3 Å². The van der Waals surface area contributed by atoms with Crippen LogP contribution in [0.1, 0.15) is 51.4 Å². The van der Waals surface area contributed by atoms with Gasteiger partial charge in [-0.25, -0.2) is 0 Å². The van der Waals surface area contributed by atoms with Crippen molar-refractivity contribution in [1.29, 1.82) is 0 Å². The van der Waals surface area contributed by atoms with Crippen molar-refractivity contribution in [3.63, 3.8) is 0 Å². The minimum atomic E-state index is -0.540. The van der Waals surface area contributed by atoms with Crippen LogP contribution in [0.5, 0.6) is 0 Å². The summed E-state index contributed by atoms with van der Waals surface area (Å²) in [4.78, 5) is 38.2. The smallest absolute Gasteiger partial charge is 0.320 e. The van der Waals surface area contributed by atoms with Crippen LogP contribution < -0.4 is 11.1 Å². The first-order valence-corrected chi connectivity index (χ1v) is 10.0. The van der Waals surface area contributed by atoms with Gasteiger partial charge in [0.2, 0.25) is 11.8 Å². The summed E-state index contributed by atoms with van der Waals surface area (Å²) in [6, 6.07) is -1.04. The van der Waals surface area contributed by atoms with Crippen LogP contribution in [0.3, 0.4) is 0 Å². The molecule has 0 unspecified atom stereocenters. The first-order chi connectivity index (χ1) is 13.0. The number of carbonyl (C=O) groups excluding carboxylic acids is 3. The Kier molecular flexibility index (Phi) is 9.00. The first kappa shape index (κ1) is 21.6. The largest absolute Gasteiger partial charge is 0.462 e. The van der Waals surface area contributed by atoms with Crippen LogP contribution in [0.15, 0.2) is 0 Å². The van der Waals surface area contributed by atoms with Gasteiger partial charge >= 0.3 is 5.97 Å². The van der Waals surface area contributed by atoms with Crippen molar-refractivity contribution in [3.8, 4) is 0 Å². The zero-order valence-electron chi connectivity index (χ0n) is 16.3. The topological polar surface area (TPSA) is 111 Å². The summed E-state index contributed by atoms with van der Waals surface area (Å²) in [7, 11) is 1.54. The third kappa shape index (κ3) is 6.77. The third-order valence-electron chi connectivity index (χ3n) is 5.50. The molecule has 2 amide bonds. The summed E-state index contributed by atoms with van der Waals surface area (Å²) in [6.07, 6.45) is 7.85. The van der Waals surface area contributed by atoms with E-state index in [1.54, 1.807) is 4.90 Å². The highest BCUT2D eigenvalue weighted by Gasteiger charge is 2.37. The Morgan fingerprint density at radius 3 is 2.52 bits per heavy atom. The molecule has 1 aliphatic heterocycles. The van der Waals surface area contributed by atoms with E-state index in [2.05, 4.69) is 5.32 Å². The summed E-state index contributed by atoms with van der Waals surface area (Å²) >= 11 is 0. The number of rotatable bonds is 10. The van der Waals surface area contributed by atoms with Gasteiger partial charge in [-0.2, -0.15) is 0 Å². The van der Waals surface area contributed by atoms with Crippen molar-refractivity contribution in [3.05, 3.63) is 0 Å². The van der Waals surface area contributed by atoms with Gasteiger partial charge in [-0.3, -0.25) is 19.7 Å². The van der Waals surface area contributed by atoms with Crippen molar-refractivity contribution < 1.29 is 23.9 Å². The number of nitrogens with two attached hydrogens (primary N) is 1. The Morgan fingerprint density at radius 2 is 1.85 bits per heavy atom. The van der Waals surface area contributed by atoms with Crippen LogP contribution in [-0.2, 0) is 23.9 Å². The van der Waals surface area contributed by atoms with Gasteiger partial charge in [0.1, 0.15) is 12.6 Å². The van der Waals surface area contributed by atoms with Crippen molar-refractivity contribution in [2.75, 3.05) is 33.4 Å². The quantitative estimate of drug-likeness (QED) is 0.422. The average molecular weight is 383 g/mol. The fraction of sp³-hybridized carbons (Fsp3) is 0.842. The summed E-state index contributed by atoms with van der Waals surface area (Å²) in [5.41, 5.74) is 5.46. The van der Waals surface area contributed by atoms with Gasteiger partial charge in [0.15, 0.2) is 0 Å². The van der Waals surface area contributed by atoms with E-state index in [4.69, 9.17) is 15.2 Å². The Morgan fingerprint density at radius 1 is 1.11 bits per heavy atom. The van der Waals surface area contributed by atoms with E-state index in [-0.39, 0.29) is 19.1 Å². The molecule has 0 aromatic heterocycles. The Bertz CT molecular complexity index is 508. The van der Waals surface area contributed by atoms with Gasteiger partial charge in [0, 0.05) is 13.7 Å². The molecule has 0 aromatic carbocycles. The molecule has 2 fully saturated rings. The van der Waals surface area contributed by atoms with Crippen LogP contribution in [0, 0.1) is 5.92 Å². The maximum Gasteiger partial charge on any atom is 0.320 e. The molecule has 8 nitrogen and oxygen atoms in total. The van der Waals surface area contributed by atoms with Crippen molar-refractivity contribution in [2.45, 2.75) is 63.5 Å². The predicted molar refractivity (Wildman–Crippen MR) is 99.7 cm³/mol. The fourth-order valence-electron chi connectivity index (χ4n) is 4.05. The van der Waals surface area contributed by atoms with Crippen LogP contribution >= 0.6 is 0 Å². The maximum absolute atomic E-state index is 13.1. The fourth-order valence-corrected chi connectivity index (χ4v) is 4.05. The second-order valence-electron chi connectivity index (χ2n) is 7.48. The molecule has 0 spiro atoms. The van der Waals surface area contributed by atoms with Crippen LogP contribution in [-0.4, -0.2) is 68.2 Å². The van der Waals surface area contributed by atoms with Gasteiger partial charge in [0.05, 0.1) is 19.2 Å². The molecule has 2 atom stereocenters. The second kappa shape index (κ2) is 11.2. The maximum atomic E-state index is 13.1. The van der Waals surface area contributed by atoms with Crippen LogP contribution in [0.2, 0.25) is 0 Å². The molecule has 1 saturated carbocycles. The van der Waals surface area contributed by atoms with E-state index in [1.807, 2.05) is 0 Å². The molecule has 1 heterocycles. The number of hydrogen-bond donors (Lipinski definition) is 2. The number of nitrogens with zero attached hydrogens (tertiary/aromatic N) is 1. The molecule has 0 radical (unpaired) electrons. The molecule has 0 bridgehead atoms. The molecule has 8 heteroatoms. The summed E-state index contributed by atoms with van der Waals surface area (Å²) < 4.78 is 9.92. The number of ether oxygens (including phenoxy) is 2. The number of hydrogen-bond acceptors (Lipinski definition) is 6. The Hall–Kier alpha value is -1.67. The standard InChI is InChI=1S/C19H33N3O5/c1-26-10-11-27-17(23)13-21-15(12-14-6-3-2-4-7-14)19(25)22-9-5-8-16(22)18(20)24/h14-16,21H,2-13H2,1H3,(H2,20,24)/t15-,16+/m1/s1. The Labute approximate surface area is 161 Å². The van der Waals surface area contributed by atoms with E-state index >= 15 is 0 Å². The molecular formula is C19H33N3O5. The van der Waals surface area contributed by atoms with Gasteiger partial charge in [-0.05, 0) is 25.2 Å². The van der Waals surface area contributed by atoms with Gasteiger partial charge < -0.3 is 20.1 Å². The lowest BCUT2D eigenvalue weighted by Crippen LogP contribution is -2.53. The number of likely N-dealkylation sites (tertiary alicyclic amines) is 1. The van der Waals surface area contributed by atoms with E-state index in [1.165, 1.54) is 26.4 Å². The van der Waals surface area contributed by atoms with Gasteiger partial charge in [0.25, 0.3) is 0 Å². The monoisotopic (exact) mass is 383 g/mol. The SMILES string of the molecule is COCCOC(=O)CN[C@H](CC1CCCCC1)C(=O)N1CCC[C@H]1C(N)=O. The van der Waals surface area contributed by atoms with Crippen LogP contribution in [0.4, 0.5) is 0 Å². The highest BCUT2D eigenvalue weighted by atomic mass is 16.6. The molecule has 154 valence electrons. The van der Waals surface area contributed by atoms with Crippen molar-refractivity contribution in [1.82, 2.24) is 10.2 Å². The summed E-state index contributed by atoms with van der Waals surface area (Å²) in [5.74, 6) is -0.552. The third-order valence-corrected chi connectivity index (χ3v) is 5.50. The highest BCUT2D eigenvalue weighted by molar-refractivity contribution is 5.90. The lowest BCUT2D eigenvalue weighted by Gasteiger charge is -2.31. The normalized spacial score (nSPS) is 21.8. The minimum absolute atomic E-state index is 0.0398. The van der Waals surface area contributed by atoms with E-state index in [9.17, 15) is 14.4 Å². The van der Waals surface area contributed by atoms with E-state index in [0.29, 0.717) is 31.9 Å². The lowest BCUT2D eigenvalue weighted by atomic mass is 9.84. The molecule has 2 rings (SSSR count).